The fraction of sp³-hybridized carbons (Fsp3) is 0.357. The van der Waals surface area contributed by atoms with Gasteiger partial charge in [-0.05, 0) is 44.0 Å². The van der Waals surface area contributed by atoms with Crippen LogP contribution in [0.1, 0.15) is 31.1 Å². The summed E-state index contributed by atoms with van der Waals surface area (Å²) >= 11 is 0. The van der Waals surface area contributed by atoms with Crippen molar-refractivity contribution in [3.63, 3.8) is 0 Å². The number of rotatable bonds is 4. The van der Waals surface area contributed by atoms with Crippen molar-refractivity contribution in [2.75, 3.05) is 0 Å². The molecule has 3 heteroatoms. The van der Waals surface area contributed by atoms with Gasteiger partial charge in [0.15, 0.2) is 0 Å². The van der Waals surface area contributed by atoms with E-state index in [1.807, 2.05) is 19.1 Å². The lowest BCUT2D eigenvalue weighted by atomic mass is 10.1. The van der Waals surface area contributed by atoms with Gasteiger partial charge >= 0.3 is 0 Å². The van der Waals surface area contributed by atoms with Crippen molar-refractivity contribution in [1.29, 1.82) is 0 Å². The lowest BCUT2D eigenvalue weighted by Crippen LogP contribution is -1.91. The van der Waals surface area contributed by atoms with Crippen LogP contribution >= 0.6 is 0 Å². The molecule has 90 valence electrons. The van der Waals surface area contributed by atoms with E-state index >= 15 is 0 Å². The van der Waals surface area contributed by atoms with Crippen molar-refractivity contribution in [1.82, 2.24) is 0 Å². The van der Waals surface area contributed by atoms with Crippen LogP contribution in [0.15, 0.2) is 22.6 Å². The van der Waals surface area contributed by atoms with Crippen LogP contribution in [-0.4, -0.2) is 10.9 Å². The first kappa shape index (κ1) is 11.7. The van der Waals surface area contributed by atoms with Gasteiger partial charge in [0.1, 0.15) is 22.9 Å². The molecule has 0 aliphatic heterocycles. The largest absolute Gasteiger partial charge is 0.508 e. The number of benzene rings is 1. The molecule has 2 rings (SSSR count). The van der Waals surface area contributed by atoms with E-state index in [9.17, 15) is 9.90 Å². The number of carbonyl (C=O) groups is 1. The third-order valence-electron chi connectivity index (χ3n) is 2.84. The van der Waals surface area contributed by atoms with Gasteiger partial charge in [0.2, 0.25) is 0 Å². The van der Waals surface area contributed by atoms with Crippen molar-refractivity contribution in [3.8, 4) is 5.75 Å². The Kier molecular flexibility index (Phi) is 3.18. The normalized spacial score (nSPS) is 10.9. The van der Waals surface area contributed by atoms with E-state index in [-0.39, 0.29) is 11.5 Å². The molecule has 0 radical (unpaired) electrons. The number of aromatic hydroxyl groups is 1. The first-order valence-corrected chi connectivity index (χ1v) is 5.78. The zero-order valence-corrected chi connectivity index (χ0v) is 10.1. The standard InChI is InChI=1S/C14H16O3/c1-9-6-14-11(8-13(9)16)7-12(17-14)5-3-4-10(2)15/h6-8,16H,3-5H2,1-2H3. The molecule has 1 heterocycles. The quantitative estimate of drug-likeness (QED) is 0.879. The van der Waals surface area contributed by atoms with Crippen molar-refractivity contribution in [2.45, 2.75) is 33.1 Å². The van der Waals surface area contributed by atoms with Gasteiger partial charge < -0.3 is 14.3 Å². The SMILES string of the molecule is CC(=O)CCCc1cc2cc(O)c(C)cc2o1. The molecule has 0 saturated heterocycles. The number of aryl methyl sites for hydroxylation is 2. The highest BCUT2D eigenvalue weighted by Gasteiger charge is 2.07. The molecular formula is C14H16O3. The molecule has 0 amide bonds. The molecule has 0 aliphatic rings. The second-order valence-corrected chi connectivity index (χ2v) is 4.44. The van der Waals surface area contributed by atoms with Crippen molar-refractivity contribution in [2.24, 2.45) is 0 Å². The Morgan fingerprint density at radius 2 is 2.12 bits per heavy atom. The van der Waals surface area contributed by atoms with Gasteiger partial charge in [-0.1, -0.05) is 0 Å². The van der Waals surface area contributed by atoms with Crippen LogP contribution in [0, 0.1) is 6.92 Å². The van der Waals surface area contributed by atoms with E-state index in [1.54, 1.807) is 13.0 Å². The molecule has 0 atom stereocenters. The summed E-state index contributed by atoms with van der Waals surface area (Å²) in [6.07, 6.45) is 2.15. The van der Waals surface area contributed by atoms with Crippen LogP contribution in [0.2, 0.25) is 0 Å². The number of phenolic OH excluding ortho intramolecular Hbond substituents is 1. The number of hydrogen-bond acceptors (Lipinski definition) is 3. The number of fused-ring (bicyclic) bond motifs is 1. The lowest BCUT2D eigenvalue weighted by Gasteiger charge is -1.96. The smallest absolute Gasteiger partial charge is 0.134 e. The molecule has 0 bridgehead atoms. The predicted molar refractivity (Wildman–Crippen MR) is 66.2 cm³/mol. The summed E-state index contributed by atoms with van der Waals surface area (Å²) in [4.78, 5) is 10.8. The fourth-order valence-corrected chi connectivity index (χ4v) is 1.87. The Bertz CT molecular complexity index is 513. The van der Waals surface area contributed by atoms with Crippen LogP contribution in [-0.2, 0) is 11.2 Å². The van der Waals surface area contributed by atoms with E-state index in [1.165, 1.54) is 0 Å². The number of Topliss-reactive ketones (excluding diaryl/α,β-unsaturated/α-hetero) is 1. The summed E-state index contributed by atoms with van der Waals surface area (Å²) in [5, 5.41) is 10.5. The third kappa shape index (κ3) is 2.67. The highest BCUT2D eigenvalue weighted by atomic mass is 16.3. The van der Waals surface area contributed by atoms with Crippen LogP contribution in [0.4, 0.5) is 0 Å². The molecular weight excluding hydrogens is 216 g/mol. The second-order valence-electron chi connectivity index (χ2n) is 4.44. The van der Waals surface area contributed by atoms with E-state index < -0.39 is 0 Å². The summed E-state index contributed by atoms with van der Waals surface area (Å²) < 4.78 is 5.66. The Balaban J connectivity index is 2.17. The number of carbonyl (C=O) groups excluding carboxylic acids is 1. The minimum absolute atomic E-state index is 0.203. The summed E-state index contributed by atoms with van der Waals surface area (Å²) in [7, 11) is 0. The molecule has 0 saturated carbocycles. The Hall–Kier alpha value is -1.77. The monoisotopic (exact) mass is 232 g/mol. The van der Waals surface area contributed by atoms with Crippen molar-refractivity contribution >= 4 is 16.8 Å². The molecule has 17 heavy (non-hydrogen) atoms. The van der Waals surface area contributed by atoms with Crippen LogP contribution < -0.4 is 0 Å². The lowest BCUT2D eigenvalue weighted by molar-refractivity contribution is -0.117. The van der Waals surface area contributed by atoms with Crippen LogP contribution in [0.25, 0.3) is 11.0 Å². The summed E-state index contributed by atoms with van der Waals surface area (Å²) in [6, 6.07) is 5.47. The Morgan fingerprint density at radius 3 is 2.82 bits per heavy atom. The first-order valence-electron chi connectivity index (χ1n) is 5.78. The van der Waals surface area contributed by atoms with Crippen LogP contribution in [0.3, 0.4) is 0 Å². The number of phenols is 1. The molecule has 0 fully saturated rings. The minimum atomic E-state index is 0.203. The maximum Gasteiger partial charge on any atom is 0.134 e. The van der Waals surface area contributed by atoms with E-state index in [0.717, 1.165) is 35.1 Å². The highest BCUT2D eigenvalue weighted by Crippen LogP contribution is 2.27. The number of hydrogen-bond donors (Lipinski definition) is 1. The Morgan fingerprint density at radius 1 is 1.35 bits per heavy atom. The zero-order valence-electron chi connectivity index (χ0n) is 10.1. The third-order valence-corrected chi connectivity index (χ3v) is 2.84. The summed E-state index contributed by atoms with van der Waals surface area (Å²) in [5.41, 5.74) is 1.60. The average molecular weight is 232 g/mol. The topological polar surface area (TPSA) is 50.4 Å². The van der Waals surface area contributed by atoms with Gasteiger partial charge in [-0.2, -0.15) is 0 Å². The molecule has 0 aliphatic carbocycles. The molecule has 0 unspecified atom stereocenters. The molecule has 2 aromatic rings. The van der Waals surface area contributed by atoms with Gasteiger partial charge in [0, 0.05) is 18.2 Å². The molecule has 1 aromatic carbocycles. The summed E-state index contributed by atoms with van der Waals surface area (Å²) in [5.74, 6) is 1.36. The van der Waals surface area contributed by atoms with Crippen LogP contribution in [0.5, 0.6) is 5.75 Å². The average Bonchev–Trinajstić information content (AvgIpc) is 2.60. The Labute approximate surface area is 100 Å². The number of furan rings is 1. The predicted octanol–water partition coefficient (Wildman–Crippen LogP) is 3.36. The fourth-order valence-electron chi connectivity index (χ4n) is 1.87. The van der Waals surface area contributed by atoms with Gasteiger partial charge in [0.05, 0.1) is 0 Å². The minimum Gasteiger partial charge on any atom is -0.508 e. The van der Waals surface area contributed by atoms with E-state index in [2.05, 4.69) is 0 Å². The van der Waals surface area contributed by atoms with E-state index in [0.29, 0.717) is 6.42 Å². The first-order chi connectivity index (χ1) is 8.06. The molecule has 1 N–H and O–H groups in total. The molecule has 0 spiro atoms. The maximum absolute atomic E-state index is 10.8. The summed E-state index contributed by atoms with van der Waals surface area (Å²) in [6.45, 7) is 3.44. The second kappa shape index (κ2) is 4.62. The van der Waals surface area contributed by atoms with Crippen molar-refractivity contribution in [3.05, 3.63) is 29.5 Å². The molecule has 1 aromatic heterocycles. The number of ketones is 1. The van der Waals surface area contributed by atoms with Gasteiger partial charge in [-0.3, -0.25) is 0 Å². The van der Waals surface area contributed by atoms with Gasteiger partial charge in [-0.25, -0.2) is 0 Å². The maximum atomic E-state index is 10.8. The van der Waals surface area contributed by atoms with E-state index in [4.69, 9.17) is 4.42 Å². The van der Waals surface area contributed by atoms with Gasteiger partial charge in [-0.15, -0.1) is 0 Å². The zero-order chi connectivity index (χ0) is 12.4. The van der Waals surface area contributed by atoms with Crippen molar-refractivity contribution < 1.29 is 14.3 Å². The highest BCUT2D eigenvalue weighted by molar-refractivity contribution is 5.80. The van der Waals surface area contributed by atoms with Gasteiger partial charge in [0.25, 0.3) is 0 Å². The molecule has 3 nitrogen and oxygen atoms in total.